The van der Waals surface area contributed by atoms with Crippen LogP contribution in [0.1, 0.15) is 31.9 Å². The average Bonchev–Trinajstić information content (AvgIpc) is 2.35. The SMILES string of the molecule is CCCNCCS(=O)(=O)NC(C)c1cccnc1. The van der Waals surface area contributed by atoms with Crippen molar-refractivity contribution in [3.05, 3.63) is 30.1 Å². The zero-order valence-corrected chi connectivity index (χ0v) is 11.7. The molecule has 1 aromatic rings. The molecule has 0 aliphatic heterocycles. The fraction of sp³-hybridized carbons (Fsp3) is 0.583. The summed E-state index contributed by atoms with van der Waals surface area (Å²) in [4.78, 5) is 3.98. The topological polar surface area (TPSA) is 71.1 Å². The molecular weight excluding hydrogens is 250 g/mol. The van der Waals surface area contributed by atoms with Gasteiger partial charge in [0, 0.05) is 25.0 Å². The first-order valence-electron chi connectivity index (χ1n) is 6.16. The van der Waals surface area contributed by atoms with Gasteiger partial charge < -0.3 is 5.32 Å². The van der Waals surface area contributed by atoms with Crippen LogP contribution in [0, 0.1) is 0 Å². The Morgan fingerprint density at radius 2 is 2.17 bits per heavy atom. The predicted molar refractivity (Wildman–Crippen MR) is 72.7 cm³/mol. The summed E-state index contributed by atoms with van der Waals surface area (Å²) < 4.78 is 26.3. The van der Waals surface area contributed by atoms with E-state index in [0.29, 0.717) is 6.54 Å². The Kier molecular flexibility index (Phi) is 6.24. The Morgan fingerprint density at radius 3 is 2.78 bits per heavy atom. The van der Waals surface area contributed by atoms with E-state index in [4.69, 9.17) is 0 Å². The summed E-state index contributed by atoms with van der Waals surface area (Å²) in [5, 5.41) is 3.07. The van der Waals surface area contributed by atoms with Crippen LogP contribution in [0.25, 0.3) is 0 Å². The van der Waals surface area contributed by atoms with Crippen LogP contribution in [0.15, 0.2) is 24.5 Å². The number of nitrogens with zero attached hydrogens (tertiary/aromatic N) is 1. The summed E-state index contributed by atoms with van der Waals surface area (Å²) in [5.41, 5.74) is 0.864. The largest absolute Gasteiger partial charge is 0.316 e. The molecule has 0 saturated heterocycles. The first-order valence-corrected chi connectivity index (χ1v) is 7.81. The van der Waals surface area contributed by atoms with Gasteiger partial charge in [0.25, 0.3) is 0 Å². The second kappa shape index (κ2) is 7.45. The maximum absolute atomic E-state index is 11.8. The third-order valence-electron chi connectivity index (χ3n) is 2.52. The zero-order chi connectivity index (χ0) is 13.4. The maximum atomic E-state index is 11.8. The summed E-state index contributed by atoms with van der Waals surface area (Å²) in [7, 11) is -3.25. The summed E-state index contributed by atoms with van der Waals surface area (Å²) in [5.74, 6) is 0.0948. The summed E-state index contributed by atoms with van der Waals surface area (Å²) in [6, 6.07) is 3.40. The van der Waals surface area contributed by atoms with Crippen molar-refractivity contribution in [1.82, 2.24) is 15.0 Å². The predicted octanol–water partition coefficient (Wildman–Crippen LogP) is 1.06. The number of hydrogen-bond donors (Lipinski definition) is 2. The number of sulfonamides is 1. The highest BCUT2D eigenvalue weighted by Crippen LogP contribution is 2.10. The highest BCUT2D eigenvalue weighted by molar-refractivity contribution is 7.89. The highest BCUT2D eigenvalue weighted by Gasteiger charge is 2.15. The van der Waals surface area contributed by atoms with E-state index in [0.717, 1.165) is 18.5 Å². The molecule has 0 amide bonds. The van der Waals surface area contributed by atoms with Gasteiger partial charge in [0.2, 0.25) is 10.0 Å². The van der Waals surface area contributed by atoms with Crippen molar-refractivity contribution in [2.24, 2.45) is 0 Å². The van der Waals surface area contributed by atoms with E-state index in [1.165, 1.54) is 0 Å². The minimum atomic E-state index is -3.25. The Labute approximate surface area is 109 Å². The van der Waals surface area contributed by atoms with Gasteiger partial charge in [0.05, 0.1) is 5.75 Å². The molecule has 0 bridgehead atoms. The third-order valence-corrected chi connectivity index (χ3v) is 3.97. The van der Waals surface area contributed by atoms with Crippen molar-refractivity contribution in [1.29, 1.82) is 0 Å². The first kappa shape index (κ1) is 15.1. The van der Waals surface area contributed by atoms with E-state index >= 15 is 0 Å². The van der Waals surface area contributed by atoms with Crippen LogP contribution >= 0.6 is 0 Å². The summed E-state index contributed by atoms with van der Waals surface area (Å²) in [6.45, 7) is 5.18. The minimum Gasteiger partial charge on any atom is -0.316 e. The van der Waals surface area contributed by atoms with Crippen LogP contribution in [-0.4, -0.2) is 32.2 Å². The average molecular weight is 271 g/mol. The molecule has 2 N–H and O–H groups in total. The van der Waals surface area contributed by atoms with Gasteiger partial charge in [0.1, 0.15) is 0 Å². The van der Waals surface area contributed by atoms with Crippen molar-refractivity contribution in [3.63, 3.8) is 0 Å². The lowest BCUT2D eigenvalue weighted by Gasteiger charge is -2.14. The second-order valence-corrected chi connectivity index (χ2v) is 6.07. The molecule has 0 radical (unpaired) electrons. The number of pyridine rings is 1. The second-order valence-electron chi connectivity index (χ2n) is 4.19. The van der Waals surface area contributed by atoms with Gasteiger partial charge in [-0.15, -0.1) is 0 Å². The molecule has 102 valence electrons. The zero-order valence-electron chi connectivity index (χ0n) is 10.9. The Hall–Kier alpha value is -0.980. The van der Waals surface area contributed by atoms with Crippen LogP contribution in [0.5, 0.6) is 0 Å². The van der Waals surface area contributed by atoms with Crippen LogP contribution in [-0.2, 0) is 10.0 Å². The molecule has 1 heterocycles. The van der Waals surface area contributed by atoms with E-state index in [1.54, 1.807) is 18.5 Å². The highest BCUT2D eigenvalue weighted by atomic mass is 32.2. The quantitative estimate of drug-likeness (QED) is 0.694. The number of rotatable bonds is 8. The molecule has 0 aliphatic carbocycles. The Balaban J connectivity index is 2.45. The molecule has 1 rings (SSSR count). The standard InChI is InChI=1S/C12H21N3O2S/c1-3-6-13-8-9-18(16,17)15-11(2)12-5-4-7-14-10-12/h4-5,7,10-11,13,15H,3,6,8-9H2,1-2H3. The fourth-order valence-electron chi connectivity index (χ4n) is 1.54. The molecule has 0 aromatic carbocycles. The van der Waals surface area contributed by atoms with Crippen molar-refractivity contribution < 1.29 is 8.42 Å². The maximum Gasteiger partial charge on any atom is 0.213 e. The normalized spacial score (nSPS) is 13.4. The fourth-order valence-corrected chi connectivity index (χ4v) is 2.74. The minimum absolute atomic E-state index is 0.0948. The Bertz CT molecular complexity index is 434. The van der Waals surface area contributed by atoms with E-state index in [-0.39, 0.29) is 11.8 Å². The molecule has 6 heteroatoms. The Morgan fingerprint density at radius 1 is 1.39 bits per heavy atom. The van der Waals surface area contributed by atoms with Gasteiger partial charge >= 0.3 is 0 Å². The molecular formula is C12H21N3O2S. The lowest BCUT2D eigenvalue weighted by molar-refractivity contribution is 0.562. The van der Waals surface area contributed by atoms with Crippen LogP contribution < -0.4 is 10.0 Å². The molecule has 1 unspecified atom stereocenters. The molecule has 0 spiro atoms. The van der Waals surface area contributed by atoms with Gasteiger partial charge in [-0.3, -0.25) is 4.98 Å². The van der Waals surface area contributed by atoms with Gasteiger partial charge in [0.15, 0.2) is 0 Å². The number of aromatic nitrogens is 1. The molecule has 0 saturated carbocycles. The van der Waals surface area contributed by atoms with Crippen LogP contribution in [0.3, 0.4) is 0 Å². The summed E-state index contributed by atoms with van der Waals surface area (Å²) in [6.07, 6.45) is 4.33. The summed E-state index contributed by atoms with van der Waals surface area (Å²) >= 11 is 0. The monoisotopic (exact) mass is 271 g/mol. The van der Waals surface area contributed by atoms with E-state index < -0.39 is 10.0 Å². The molecule has 1 aromatic heterocycles. The number of hydrogen-bond acceptors (Lipinski definition) is 4. The lowest BCUT2D eigenvalue weighted by atomic mass is 10.2. The van der Waals surface area contributed by atoms with E-state index in [1.807, 2.05) is 19.9 Å². The smallest absolute Gasteiger partial charge is 0.213 e. The van der Waals surface area contributed by atoms with Gasteiger partial charge in [-0.1, -0.05) is 13.0 Å². The first-order chi connectivity index (χ1) is 8.55. The molecule has 0 fully saturated rings. The van der Waals surface area contributed by atoms with Crippen molar-refractivity contribution in [2.45, 2.75) is 26.3 Å². The third kappa shape index (κ3) is 5.57. The van der Waals surface area contributed by atoms with Crippen molar-refractivity contribution >= 4 is 10.0 Å². The van der Waals surface area contributed by atoms with Gasteiger partial charge in [-0.25, -0.2) is 13.1 Å². The van der Waals surface area contributed by atoms with Crippen LogP contribution in [0.2, 0.25) is 0 Å². The van der Waals surface area contributed by atoms with Crippen molar-refractivity contribution in [2.75, 3.05) is 18.8 Å². The van der Waals surface area contributed by atoms with Gasteiger partial charge in [-0.2, -0.15) is 0 Å². The van der Waals surface area contributed by atoms with Gasteiger partial charge in [-0.05, 0) is 31.5 Å². The van der Waals surface area contributed by atoms with Crippen molar-refractivity contribution in [3.8, 4) is 0 Å². The van der Waals surface area contributed by atoms with Crippen LogP contribution in [0.4, 0.5) is 0 Å². The molecule has 5 nitrogen and oxygen atoms in total. The lowest BCUT2D eigenvalue weighted by Crippen LogP contribution is -2.33. The molecule has 0 aliphatic rings. The number of nitrogens with one attached hydrogen (secondary N) is 2. The molecule has 18 heavy (non-hydrogen) atoms. The molecule has 1 atom stereocenters. The van der Waals surface area contributed by atoms with E-state index in [9.17, 15) is 8.42 Å². The van der Waals surface area contributed by atoms with E-state index in [2.05, 4.69) is 15.0 Å².